The van der Waals surface area contributed by atoms with Crippen molar-refractivity contribution in [2.45, 2.75) is 38.3 Å². The lowest BCUT2D eigenvalue weighted by molar-refractivity contribution is 0.572. The van der Waals surface area contributed by atoms with E-state index in [-0.39, 0.29) is 0 Å². The molecule has 1 atom stereocenters. The van der Waals surface area contributed by atoms with Gasteiger partial charge in [0.1, 0.15) is 0 Å². The third-order valence-corrected chi connectivity index (χ3v) is 4.57. The van der Waals surface area contributed by atoms with E-state index in [9.17, 15) is 0 Å². The first-order valence-corrected chi connectivity index (χ1v) is 8.10. The molecule has 3 rings (SSSR count). The van der Waals surface area contributed by atoms with Gasteiger partial charge in [-0.1, -0.05) is 52.3 Å². The topological polar surface area (TPSA) is 12.0 Å². The smallest absolute Gasteiger partial charge is 0.0294 e. The highest BCUT2D eigenvalue weighted by Gasteiger charge is 2.25. The third-order valence-electron chi connectivity index (χ3n) is 4.04. The van der Waals surface area contributed by atoms with Gasteiger partial charge in [0.15, 0.2) is 0 Å². The van der Waals surface area contributed by atoms with E-state index in [0.717, 1.165) is 16.9 Å². The van der Waals surface area contributed by atoms with Gasteiger partial charge < -0.3 is 5.32 Å². The molecule has 20 heavy (non-hydrogen) atoms. The molecule has 0 spiro atoms. The monoisotopic (exact) mass is 329 g/mol. The Morgan fingerprint density at radius 3 is 2.50 bits per heavy atom. The first-order chi connectivity index (χ1) is 9.74. The summed E-state index contributed by atoms with van der Waals surface area (Å²) in [6.45, 7) is 3.17. The van der Waals surface area contributed by atoms with Gasteiger partial charge in [0.25, 0.3) is 0 Å². The van der Waals surface area contributed by atoms with Gasteiger partial charge in [-0.2, -0.15) is 0 Å². The lowest BCUT2D eigenvalue weighted by Crippen LogP contribution is -2.18. The minimum atomic E-state index is 0.371. The molecule has 0 bridgehead atoms. The Kier molecular flexibility index (Phi) is 4.23. The Bertz CT molecular complexity index is 572. The molecule has 1 nitrogen and oxygen atoms in total. The summed E-state index contributed by atoms with van der Waals surface area (Å²) in [5.41, 5.74) is 4.33. The second kappa shape index (κ2) is 6.11. The number of halogens is 1. The maximum atomic E-state index is 3.64. The van der Waals surface area contributed by atoms with E-state index in [0.29, 0.717) is 6.04 Å². The molecule has 0 aliphatic heterocycles. The fraction of sp³-hybridized carbons (Fsp3) is 0.333. The summed E-state index contributed by atoms with van der Waals surface area (Å²) in [6, 6.07) is 17.8. The molecule has 0 amide bonds. The number of nitrogens with one attached hydrogen (secondary N) is 1. The van der Waals surface area contributed by atoms with E-state index >= 15 is 0 Å². The van der Waals surface area contributed by atoms with Crippen molar-refractivity contribution in [1.82, 2.24) is 5.32 Å². The van der Waals surface area contributed by atoms with Crippen LogP contribution in [0.3, 0.4) is 0 Å². The number of hydrogen-bond donors (Lipinski definition) is 1. The Morgan fingerprint density at radius 2 is 1.80 bits per heavy atom. The van der Waals surface area contributed by atoms with E-state index in [4.69, 9.17) is 0 Å². The quantitative estimate of drug-likeness (QED) is 0.797. The van der Waals surface area contributed by atoms with Gasteiger partial charge >= 0.3 is 0 Å². The van der Waals surface area contributed by atoms with Crippen LogP contribution in [-0.2, 0) is 6.54 Å². The van der Waals surface area contributed by atoms with Crippen molar-refractivity contribution in [3.8, 4) is 0 Å². The summed E-state index contributed by atoms with van der Waals surface area (Å²) in [5.74, 6) is 0.816. The van der Waals surface area contributed by atoms with Crippen LogP contribution >= 0.6 is 15.9 Å². The molecule has 0 aromatic heterocycles. The highest BCUT2D eigenvalue weighted by atomic mass is 79.9. The normalized spacial score (nSPS) is 16.1. The second-order valence-corrected chi connectivity index (χ2v) is 6.54. The molecule has 1 fully saturated rings. The molecular formula is C18H20BrN. The van der Waals surface area contributed by atoms with Gasteiger partial charge in [0.05, 0.1) is 0 Å². The van der Waals surface area contributed by atoms with Gasteiger partial charge in [-0.25, -0.2) is 0 Å². The Balaban J connectivity index is 1.65. The predicted molar refractivity (Wildman–Crippen MR) is 87.8 cm³/mol. The van der Waals surface area contributed by atoms with Gasteiger partial charge in [0.2, 0.25) is 0 Å². The first-order valence-electron chi connectivity index (χ1n) is 7.30. The Labute approximate surface area is 129 Å². The van der Waals surface area contributed by atoms with Crippen molar-refractivity contribution >= 4 is 15.9 Å². The standard InChI is InChI=1S/C18H20BrN/c1-13(14-8-10-17(19)11-9-14)20-12-16-4-2-3-5-18(16)15-6-7-15/h2-5,8-11,13,15,20H,6-7,12H2,1H3. The van der Waals surface area contributed by atoms with Crippen molar-refractivity contribution in [3.05, 3.63) is 69.7 Å². The molecule has 1 aliphatic carbocycles. The van der Waals surface area contributed by atoms with Crippen LogP contribution in [0.1, 0.15) is 48.4 Å². The minimum Gasteiger partial charge on any atom is -0.306 e. The van der Waals surface area contributed by atoms with E-state index in [1.807, 2.05) is 0 Å². The maximum absolute atomic E-state index is 3.64. The molecule has 1 unspecified atom stereocenters. The van der Waals surface area contributed by atoms with Crippen LogP contribution in [-0.4, -0.2) is 0 Å². The molecule has 104 valence electrons. The van der Waals surface area contributed by atoms with Crippen LogP contribution in [0.2, 0.25) is 0 Å². The molecule has 2 aromatic carbocycles. The highest BCUT2D eigenvalue weighted by molar-refractivity contribution is 9.10. The largest absolute Gasteiger partial charge is 0.306 e. The van der Waals surface area contributed by atoms with E-state index < -0.39 is 0 Å². The average Bonchev–Trinajstić information content (AvgIpc) is 3.30. The Hall–Kier alpha value is -1.12. The van der Waals surface area contributed by atoms with E-state index in [1.54, 1.807) is 5.56 Å². The van der Waals surface area contributed by atoms with Crippen molar-refractivity contribution in [1.29, 1.82) is 0 Å². The predicted octanol–water partition coefficient (Wildman–Crippen LogP) is 5.18. The van der Waals surface area contributed by atoms with Crippen LogP contribution in [0.15, 0.2) is 53.0 Å². The zero-order valence-electron chi connectivity index (χ0n) is 11.8. The molecule has 0 heterocycles. The lowest BCUT2D eigenvalue weighted by Gasteiger charge is -2.16. The van der Waals surface area contributed by atoms with Crippen LogP contribution in [0.5, 0.6) is 0 Å². The van der Waals surface area contributed by atoms with Crippen molar-refractivity contribution in [2.24, 2.45) is 0 Å². The molecule has 2 heteroatoms. The second-order valence-electron chi connectivity index (χ2n) is 5.63. The number of rotatable bonds is 5. The Morgan fingerprint density at radius 1 is 1.10 bits per heavy atom. The molecular weight excluding hydrogens is 310 g/mol. The third kappa shape index (κ3) is 3.31. The minimum absolute atomic E-state index is 0.371. The van der Waals surface area contributed by atoms with Gasteiger partial charge in [-0.15, -0.1) is 0 Å². The number of benzene rings is 2. The summed E-state index contributed by atoms with van der Waals surface area (Å²) < 4.78 is 1.13. The summed E-state index contributed by atoms with van der Waals surface area (Å²) in [6.07, 6.45) is 2.72. The molecule has 1 aliphatic rings. The van der Waals surface area contributed by atoms with Crippen molar-refractivity contribution in [2.75, 3.05) is 0 Å². The van der Waals surface area contributed by atoms with Crippen LogP contribution < -0.4 is 5.32 Å². The van der Waals surface area contributed by atoms with Crippen LogP contribution in [0, 0.1) is 0 Å². The van der Waals surface area contributed by atoms with Gasteiger partial charge in [-0.3, -0.25) is 0 Å². The SMILES string of the molecule is CC(NCc1ccccc1C1CC1)c1ccc(Br)cc1. The zero-order valence-corrected chi connectivity index (χ0v) is 13.4. The highest BCUT2D eigenvalue weighted by Crippen LogP contribution is 2.41. The molecule has 1 N–H and O–H groups in total. The first kappa shape index (κ1) is 13.8. The van der Waals surface area contributed by atoms with E-state index in [2.05, 4.69) is 76.7 Å². The summed E-state index contributed by atoms with van der Waals surface area (Å²) >= 11 is 3.48. The molecule has 0 radical (unpaired) electrons. The van der Waals surface area contributed by atoms with Crippen LogP contribution in [0.25, 0.3) is 0 Å². The fourth-order valence-corrected chi connectivity index (χ4v) is 2.88. The fourth-order valence-electron chi connectivity index (χ4n) is 2.62. The van der Waals surface area contributed by atoms with E-state index in [1.165, 1.54) is 24.0 Å². The maximum Gasteiger partial charge on any atom is 0.0294 e. The number of hydrogen-bond acceptors (Lipinski definition) is 1. The summed E-state index contributed by atoms with van der Waals surface area (Å²) in [4.78, 5) is 0. The summed E-state index contributed by atoms with van der Waals surface area (Å²) in [5, 5.41) is 3.64. The molecule has 1 saturated carbocycles. The van der Waals surface area contributed by atoms with Crippen LogP contribution in [0.4, 0.5) is 0 Å². The van der Waals surface area contributed by atoms with Gasteiger partial charge in [-0.05, 0) is 54.5 Å². The van der Waals surface area contributed by atoms with Gasteiger partial charge in [0, 0.05) is 17.1 Å². The van der Waals surface area contributed by atoms with Crippen molar-refractivity contribution in [3.63, 3.8) is 0 Å². The zero-order chi connectivity index (χ0) is 13.9. The molecule has 2 aromatic rings. The van der Waals surface area contributed by atoms with Crippen molar-refractivity contribution < 1.29 is 0 Å². The summed E-state index contributed by atoms with van der Waals surface area (Å²) in [7, 11) is 0. The average molecular weight is 330 g/mol. The lowest BCUT2D eigenvalue weighted by atomic mass is 10.0. The molecule has 0 saturated heterocycles.